The van der Waals surface area contributed by atoms with Crippen LogP contribution in [0.15, 0.2) is 36.4 Å². The molecule has 0 unspecified atom stereocenters. The van der Waals surface area contributed by atoms with E-state index in [1.54, 1.807) is 30.3 Å². The molecule has 1 amide bonds. The standard InChI is InChI=1S/C17H14N2O4/c20-16-9-23-14-4-2-10(7-13(14)19-16)17(21)11-1-3-12-15(8-11)22-6-5-18-12/h1-4,7-8,18H,5-6,9H2,(H,19,20). The Morgan fingerprint density at radius 3 is 2.70 bits per heavy atom. The van der Waals surface area contributed by atoms with Gasteiger partial charge in [0.05, 0.1) is 11.4 Å². The van der Waals surface area contributed by atoms with Crippen molar-refractivity contribution in [1.29, 1.82) is 0 Å². The van der Waals surface area contributed by atoms with Crippen LogP contribution in [0.1, 0.15) is 15.9 Å². The summed E-state index contributed by atoms with van der Waals surface area (Å²) in [5, 5.41) is 5.92. The van der Waals surface area contributed by atoms with Crippen LogP contribution in [0.25, 0.3) is 0 Å². The van der Waals surface area contributed by atoms with Crippen LogP contribution in [0, 0.1) is 0 Å². The molecule has 0 fully saturated rings. The summed E-state index contributed by atoms with van der Waals surface area (Å²) in [7, 11) is 0. The predicted octanol–water partition coefficient (Wildman–Crippen LogP) is 2.05. The Morgan fingerprint density at radius 1 is 0.957 bits per heavy atom. The fourth-order valence-corrected chi connectivity index (χ4v) is 2.67. The first-order valence-electron chi connectivity index (χ1n) is 7.33. The molecule has 0 aromatic heterocycles. The quantitative estimate of drug-likeness (QED) is 0.830. The molecule has 4 rings (SSSR count). The van der Waals surface area contributed by atoms with E-state index in [2.05, 4.69) is 10.6 Å². The average Bonchev–Trinajstić information content (AvgIpc) is 2.60. The van der Waals surface area contributed by atoms with E-state index in [0.717, 1.165) is 12.2 Å². The second-order valence-corrected chi connectivity index (χ2v) is 5.36. The number of carbonyl (C=O) groups excluding carboxylic acids is 2. The SMILES string of the molecule is O=C1COc2ccc(C(=O)c3ccc4c(c3)OCCN4)cc2N1. The molecule has 0 atom stereocenters. The molecular formula is C17H14N2O4. The maximum Gasteiger partial charge on any atom is 0.262 e. The number of carbonyl (C=O) groups is 2. The molecule has 2 aliphatic rings. The zero-order chi connectivity index (χ0) is 15.8. The highest BCUT2D eigenvalue weighted by Crippen LogP contribution is 2.31. The van der Waals surface area contributed by atoms with Crippen molar-refractivity contribution in [3.8, 4) is 11.5 Å². The molecule has 2 aromatic rings. The summed E-state index contributed by atoms with van der Waals surface area (Å²) in [5.74, 6) is 0.885. The van der Waals surface area contributed by atoms with Gasteiger partial charge in [-0.15, -0.1) is 0 Å². The molecule has 0 saturated heterocycles. The van der Waals surface area contributed by atoms with Crippen LogP contribution in [-0.2, 0) is 4.79 Å². The number of amides is 1. The van der Waals surface area contributed by atoms with Crippen molar-refractivity contribution < 1.29 is 19.1 Å². The van der Waals surface area contributed by atoms with Gasteiger partial charge in [-0.25, -0.2) is 0 Å². The number of rotatable bonds is 2. The molecule has 0 saturated carbocycles. The molecule has 23 heavy (non-hydrogen) atoms. The van der Waals surface area contributed by atoms with E-state index >= 15 is 0 Å². The fourth-order valence-electron chi connectivity index (χ4n) is 2.67. The van der Waals surface area contributed by atoms with Gasteiger partial charge in [-0.3, -0.25) is 9.59 Å². The third kappa shape index (κ3) is 2.48. The molecular weight excluding hydrogens is 296 g/mol. The summed E-state index contributed by atoms with van der Waals surface area (Å²) in [4.78, 5) is 24.1. The summed E-state index contributed by atoms with van der Waals surface area (Å²) in [5.41, 5.74) is 2.43. The van der Waals surface area contributed by atoms with Gasteiger partial charge >= 0.3 is 0 Å². The van der Waals surface area contributed by atoms with E-state index in [1.165, 1.54) is 0 Å². The van der Waals surface area contributed by atoms with Gasteiger partial charge in [0.15, 0.2) is 12.4 Å². The lowest BCUT2D eigenvalue weighted by Crippen LogP contribution is -2.25. The lowest BCUT2D eigenvalue weighted by atomic mass is 10.0. The zero-order valence-electron chi connectivity index (χ0n) is 12.2. The summed E-state index contributed by atoms with van der Waals surface area (Å²) in [6.07, 6.45) is 0. The smallest absolute Gasteiger partial charge is 0.262 e. The number of anilines is 2. The molecule has 2 aliphatic heterocycles. The van der Waals surface area contributed by atoms with E-state index in [-0.39, 0.29) is 18.3 Å². The molecule has 0 spiro atoms. The van der Waals surface area contributed by atoms with Gasteiger partial charge in [-0.2, -0.15) is 0 Å². The molecule has 6 nitrogen and oxygen atoms in total. The molecule has 0 radical (unpaired) electrons. The van der Waals surface area contributed by atoms with Crippen LogP contribution in [0.4, 0.5) is 11.4 Å². The first kappa shape index (κ1) is 13.6. The molecule has 6 heteroatoms. The highest BCUT2D eigenvalue weighted by molar-refractivity contribution is 6.10. The number of fused-ring (bicyclic) bond motifs is 2. The van der Waals surface area contributed by atoms with E-state index in [1.807, 2.05) is 6.07 Å². The van der Waals surface area contributed by atoms with Gasteiger partial charge in [0, 0.05) is 17.7 Å². The lowest BCUT2D eigenvalue weighted by Gasteiger charge is -2.20. The number of ketones is 1. The summed E-state index contributed by atoms with van der Waals surface area (Å²) in [6.45, 7) is 1.33. The second-order valence-electron chi connectivity index (χ2n) is 5.36. The Balaban J connectivity index is 1.66. The lowest BCUT2D eigenvalue weighted by molar-refractivity contribution is -0.118. The first-order valence-corrected chi connectivity index (χ1v) is 7.33. The normalized spacial score (nSPS) is 15.2. The third-order valence-electron chi connectivity index (χ3n) is 3.79. The van der Waals surface area contributed by atoms with Gasteiger partial charge in [0.2, 0.25) is 0 Å². The summed E-state index contributed by atoms with van der Waals surface area (Å²) in [6, 6.07) is 10.4. The van der Waals surface area contributed by atoms with E-state index in [4.69, 9.17) is 9.47 Å². The van der Waals surface area contributed by atoms with Gasteiger partial charge < -0.3 is 20.1 Å². The van der Waals surface area contributed by atoms with Gasteiger partial charge in [0.1, 0.15) is 18.1 Å². The third-order valence-corrected chi connectivity index (χ3v) is 3.79. The molecule has 2 heterocycles. The number of nitrogens with one attached hydrogen (secondary N) is 2. The average molecular weight is 310 g/mol. The highest BCUT2D eigenvalue weighted by Gasteiger charge is 2.19. The highest BCUT2D eigenvalue weighted by atomic mass is 16.5. The van der Waals surface area contributed by atoms with Crippen molar-refractivity contribution in [3.63, 3.8) is 0 Å². The van der Waals surface area contributed by atoms with Crippen molar-refractivity contribution in [2.24, 2.45) is 0 Å². The molecule has 0 bridgehead atoms. The van der Waals surface area contributed by atoms with Crippen molar-refractivity contribution >= 4 is 23.1 Å². The topological polar surface area (TPSA) is 76.7 Å². The molecule has 2 N–H and O–H groups in total. The summed E-state index contributed by atoms with van der Waals surface area (Å²) >= 11 is 0. The van der Waals surface area contributed by atoms with Gasteiger partial charge in [-0.05, 0) is 36.4 Å². The van der Waals surface area contributed by atoms with E-state index < -0.39 is 0 Å². The van der Waals surface area contributed by atoms with Crippen LogP contribution in [-0.4, -0.2) is 31.4 Å². The number of hydrogen-bond donors (Lipinski definition) is 2. The fraction of sp³-hybridized carbons (Fsp3) is 0.176. The van der Waals surface area contributed by atoms with Crippen LogP contribution in [0.2, 0.25) is 0 Å². The zero-order valence-corrected chi connectivity index (χ0v) is 12.2. The maximum absolute atomic E-state index is 12.7. The van der Waals surface area contributed by atoms with Crippen molar-refractivity contribution in [2.45, 2.75) is 0 Å². The molecule has 116 valence electrons. The summed E-state index contributed by atoms with van der Waals surface area (Å²) < 4.78 is 10.9. The van der Waals surface area contributed by atoms with Crippen LogP contribution in [0.5, 0.6) is 11.5 Å². The van der Waals surface area contributed by atoms with E-state index in [0.29, 0.717) is 34.9 Å². The Hall–Kier alpha value is -3.02. The van der Waals surface area contributed by atoms with Crippen LogP contribution >= 0.6 is 0 Å². The monoisotopic (exact) mass is 310 g/mol. The number of ether oxygens (including phenoxy) is 2. The Bertz CT molecular complexity index is 816. The number of hydrogen-bond acceptors (Lipinski definition) is 5. The van der Waals surface area contributed by atoms with Crippen molar-refractivity contribution in [2.75, 3.05) is 30.4 Å². The predicted molar refractivity (Wildman–Crippen MR) is 84.4 cm³/mol. The largest absolute Gasteiger partial charge is 0.490 e. The minimum absolute atomic E-state index is 0.00451. The van der Waals surface area contributed by atoms with E-state index in [9.17, 15) is 9.59 Å². The van der Waals surface area contributed by atoms with Crippen molar-refractivity contribution in [3.05, 3.63) is 47.5 Å². The van der Waals surface area contributed by atoms with Crippen LogP contribution < -0.4 is 20.1 Å². The van der Waals surface area contributed by atoms with Crippen molar-refractivity contribution in [1.82, 2.24) is 0 Å². The Labute approximate surface area is 132 Å². The Morgan fingerprint density at radius 2 is 1.78 bits per heavy atom. The van der Waals surface area contributed by atoms with Crippen LogP contribution in [0.3, 0.4) is 0 Å². The second kappa shape index (κ2) is 5.31. The Kier molecular flexibility index (Phi) is 3.15. The molecule has 0 aliphatic carbocycles. The number of benzene rings is 2. The minimum atomic E-state index is -0.227. The maximum atomic E-state index is 12.7. The minimum Gasteiger partial charge on any atom is -0.490 e. The van der Waals surface area contributed by atoms with Gasteiger partial charge in [-0.1, -0.05) is 0 Å². The first-order chi connectivity index (χ1) is 11.2. The molecule has 2 aromatic carbocycles. The van der Waals surface area contributed by atoms with Gasteiger partial charge in [0.25, 0.3) is 5.91 Å².